The molecule has 158 valence electrons. The number of amides is 1. The molecule has 0 atom stereocenters. The summed E-state index contributed by atoms with van der Waals surface area (Å²) in [6.07, 6.45) is 0.896. The van der Waals surface area contributed by atoms with Crippen molar-refractivity contribution < 1.29 is 14.3 Å². The van der Waals surface area contributed by atoms with E-state index in [4.69, 9.17) is 14.5 Å². The van der Waals surface area contributed by atoms with E-state index in [9.17, 15) is 4.79 Å². The van der Waals surface area contributed by atoms with Crippen molar-refractivity contribution in [1.29, 1.82) is 0 Å². The Balaban J connectivity index is 1.35. The van der Waals surface area contributed by atoms with Gasteiger partial charge in [-0.15, -0.1) is 0 Å². The second-order valence-corrected chi connectivity index (χ2v) is 7.04. The largest absolute Gasteiger partial charge is 0.493 e. The Morgan fingerprint density at radius 3 is 2.45 bits per heavy atom. The summed E-state index contributed by atoms with van der Waals surface area (Å²) in [5.41, 5.74) is 3.00. The predicted octanol–water partition coefficient (Wildman–Crippen LogP) is 4.16. The highest BCUT2D eigenvalue weighted by molar-refractivity contribution is 5.79. The number of carbonyl (C=O) groups excluding carboxylic acids is 1. The van der Waals surface area contributed by atoms with Crippen molar-refractivity contribution in [1.82, 2.24) is 14.9 Å². The number of imidazole rings is 1. The van der Waals surface area contributed by atoms with E-state index in [1.807, 2.05) is 78.9 Å². The molecule has 4 aromatic rings. The van der Waals surface area contributed by atoms with Crippen LogP contribution >= 0.6 is 0 Å². The average Bonchev–Trinajstić information content (AvgIpc) is 3.19. The van der Waals surface area contributed by atoms with Crippen molar-refractivity contribution in [3.05, 3.63) is 84.7 Å². The van der Waals surface area contributed by atoms with Gasteiger partial charge in [0.2, 0.25) is 5.91 Å². The lowest BCUT2D eigenvalue weighted by atomic mass is 10.2. The fourth-order valence-corrected chi connectivity index (χ4v) is 3.51. The molecule has 0 saturated heterocycles. The Hall–Kier alpha value is -3.80. The highest BCUT2D eigenvalue weighted by Crippen LogP contribution is 2.25. The molecule has 1 N–H and O–H groups in total. The van der Waals surface area contributed by atoms with Gasteiger partial charge in [-0.25, -0.2) is 4.98 Å². The van der Waals surface area contributed by atoms with Gasteiger partial charge in [0, 0.05) is 18.5 Å². The fraction of sp³-hybridized carbons (Fsp3) is 0.200. The molecule has 0 aliphatic rings. The van der Waals surface area contributed by atoms with Gasteiger partial charge in [0.15, 0.2) is 11.5 Å². The molecule has 4 rings (SSSR count). The zero-order valence-electron chi connectivity index (χ0n) is 17.5. The molecule has 6 heteroatoms. The van der Waals surface area contributed by atoms with Crippen LogP contribution in [0, 0.1) is 0 Å². The van der Waals surface area contributed by atoms with Gasteiger partial charge in [0.1, 0.15) is 12.4 Å². The standard InChI is InChI=1S/C25H25N3O3/c1-30-22-13-7-8-14-23(22)31-18-17-26-25(29)16-15-24-27-20-11-5-6-12-21(20)28(24)19-9-3-2-4-10-19/h2-14H,15-18H2,1H3,(H,26,29). The molecule has 0 spiro atoms. The molecule has 3 aromatic carbocycles. The predicted molar refractivity (Wildman–Crippen MR) is 121 cm³/mol. The third kappa shape index (κ3) is 4.86. The van der Waals surface area contributed by atoms with Gasteiger partial charge < -0.3 is 14.8 Å². The lowest BCUT2D eigenvalue weighted by molar-refractivity contribution is -0.121. The lowest BCUT2D eigenvalue weighted by Crippen LogP contribution is -2.28. The minimum absolute atomic E-state index is 0.0321. The maximum atomic E-state index is 12.4. The average molecular weight is 415 g/mol. The molecule has 0 unspecified atom stereocenters. The highest BCUT2D eigenvalue weighted by Gasteiger charge is 2.13. The molecule has 0 radical (unpaired) electrons. The number of hydrogen-bond donors (Lipinski definition) is 1. The quantitative estimate of drug-likeness (QED) is 0.417. The summed E-state index contributed by atoms with van der Waals surface area (Å²) in [5, 5.41) is 2.91. The summed E-state index contributed by atoms with van der Waals surface area (Å²) >= 11 is 0. The number of hydrogen-bond acceptors (Lipinski definition) is 4. The first-order valence-corrected chi connectivity index (χ1v) is 10.3. The topological polar surface area (TPSA) is 65.4 Å². The van der Waals surface area contributed by atoms with E-state index in [2.05, 4.69) is 9.88 Å². The summed E-state index contributed by atoms with van der Waals surface area (Å²) in [4.78, 5) is 17.1. The monoisotopic (exact) mass is 415 g/mol. The molecule has 0 aliphatic heterocycles. The van der Waals surface area contributed by atoms with E-state index in [1.165, 1.54) is 0 Å². The molecule has 1 aromatic heterocycles. The third-order valence-corrected chi connectivity index (χ3v) is 4.97. The van der Waals surface area contributed by atoms with Crippen LogP contribution in [0.4, 0.5) is 0 Å². The van der Waals surface area contributed by atoms with Gasteiger partial charge >= 0.3 is 0 Å². The van der Waals surface area contributed by atoms with Gasteiger partial charge in [0.05, 0.1) is 24.7 Å². The number of para-hydroxylation sites is 5. The number of fused-ring (bicyclic) bond motifs is 1. The number of nitrogens with one attached hydrogen (secondary N) is 1. The molecular formula is C25H25N3O3. The number of benzene rings is 3. The second-order valence-electron chi connectivity index (χ2n) is 7.04. The van der Waals surface area contributed by atoms with Crippen molar-refractivity contribution >= 4 is 16.9 Å². The van der Waals surface area contributed by atoms with E-state index in [1.54, 1.807) is 7.11 Å². The van der Waals surface area contributed by atoms with Crippen molar-refractivity contribution in [3.63, 3.8) is 0 Å². The van der Waals surface area contributed by atoms with Crippen molar-refractivity contribution in [2.75, 3.05) is 20.3 Å². The first-order chi connectivity index (χ1) is 15.3. The molecule has 0 saturated carbocycles. The van der Waals surface area contributed by atoms with Crippen LogP contribution in [0.5, 0.6) is 11.5 Å². The first-order valence-electron chi connectivity index (χ1n) is 10.3. The normalized spacial score (nSPS) is 10.7. The highest BCUT2D eigenvalue weighted by atomic mass is 16.5. The molecule has 6 nitrogen and oxygen atoms in total. The minimum atomic E-state index is -0.0321. The zero-order valence-corrected chi connectivity index (χ0v) is 17.5. The van der Waals surface area contributed by atoms with Crippen molar-refractivity contribution in [3.8, 4) is 17.2 Å². The van der Waals surface area contributed by atoms with Crippen LogP contribution in [0.15, 0.2) is 78.9 Å². The SMILES string of the molecule is COc1ccccc1OCCNC(=O)CCc1nc2ccccc2n1-c1ccccc1. The third-order valence-electron chi connectivity index (χ3n) is 4.97. The van der Waals surface area contributed by atoms with Crippen molar-refractivity contribution in [2.24, 2.45) is 0 Å². The molecule has 31 heavy (non-hydrogen) atoms. The molecule has 1 heterocycles. The lowest BCUT2D eigenvalue weighted by Gasteiger charge is -2.11. The molecule has 1 amide bonds. The maximum absolute atomic E-state index is 12.4. The molecule has 0 bridgehead atoms. The number of aromatic nitrogens is 2. The number of rotatable bonds is 9. The second kappa shape index (κ2) is 9.80. The summed E-state index contributed by atoms with van der Waals surface area (Å²) in [5.74, 6) is 2.17. The first kappa shape index (κ1) is 20.5. The van der Waals surface area contributed by atoms with Gasteiger partial charge in [-0.1, -0.05) is 42.5 Å². The van der Waals surface area contributed by atoms with E-state index >= 15 is 0 Å². The summed E-state index contributed by atoms with van der Waals surface area (Å²) in [7, 11) is 1.60. The number of nitrogens with zero attached hydrogens (tertiary/aromatic N) is 2. The number of aryl methyl sites for hydroxylation is 1. The summed E-state index contributed by atoms with van der Waals surface area (Å²) in [6.45, 7) is 0.792. The Kier molecular flexibility index (Phi) is 6.47. The van der Waals surface area contributed by atoms with Crippen molar-refractivity contribution in [2.45, 2.75) is 12.8 Å². The fourth-order valence-electron chi connectivity index (χ4n) is 3.51. The molecule has 0 fully saturated rings. The van der Waals surface area contributed by atoms with Crippen LogP contribution in [0.3, 0.4) is 0 Å². The van der Waals surface area contributed by atoms with E-state index in [0.29, 0.717) is 37.5 Å². The number of methoxy groups -OCH3 is 1. The van der Waals surface area contributed by atoms with Crippen LogP contribution in [0.2, 0.25) is 0 Å². The molecular weight excluding hydrogens is 390 g/mol. The number of carbonyl (C=O) groups is 1. The number of ether oxygens (including phenoxy) is 2. The Morgan fingerprint density at radius 2 is 1.65 bits per heavy atom. The smallest absolute Gasteiger partial charge is 0.220 e. The van der Waals surface area contributed by atoms with Gasteiger partial charge in [-0.2, -0.15) is 0 Å². The van der Waals surface area contributed by atoms with E-state index < -0.39 is 0 Å². The zero-order chi connectivity index (χ0) is 21.5. The van der Waals surface area contributed by atoms with Gasteiger partial charge in [-0.3, -0.25) is 9.36 Å². The Labute approximate surface area is 181 Å². The molecule has 0 aliphatic carbocycles. The Morgan fingerprint density at radius 1 is 0.935 bits per heavy atom. The van der Waals surface area contributed by atoms with Crippen LogP contribution < -0.4 is 14.8 Å². The van der Waals surface area contributed by atoms with Crippen LogP contribution in [0.25, 0.3) is 16.7 Å². The van der Waals surface area contributed by atoms with Gasteiger partial charge in [0.25, 0.3) is 0 Å². The summed E-state index contributed by atoms with van der Waals surface area (Å²) < 4.78 is 13.1. The maximum Gasteiger partial charge on any atom is 0.220 e. The summed E-state index contributed by atoms with van der Waals surface area (Å²) in [6, 6.07) is 25.6. The Bertz CT molecular complexity index is 1160. The van der Waals surface area contributed by atoms with Gasteiger partial charge in [-0.05, 0) is 36.4 Å². The van der Waals surface area contributed by atoms with Crippen LogP contribution in [-0.2, 0) is 11.2 Å². The van der Waals surface area contributed by atoms with E-state index in [-0.39, 0.29) is 5.91 Å². The van der Waals surface area contributed by atoms with Crippen LogP contribution in [-0.4, -0.2) is 35.7 Å². The van der Waals surface area contributed by atoms with E-state index in [0.717, 1.165) is 22.5 Å². The minimum Gasteiger partial charge on any atom is -0.493 e. The van der Waals surface area contributed by atoms with Crippen LogP contribution in [0.1, 0.15) is 12.2 Å².